The summed E-state index contributed by atoms with van der Waals surface area (Å²) >= 11 is 0. The molecule has 3 fully saturated rings. The molecule has 3 aliphatic rings. The van der Waals surface area contributed by atoms with Crippen molar-refractivity contribution in [3.8, 4) is 11.3 Å². The van der Waals surface area contributed by atoms with Gasteiger partial charge < -0.3 is 9.22 Å². The van der Waals surface area contributed by atoms with E-state index < -0.39 is 59.7 Å². The van der Waals surface area contributed by atoms with Gasteiger partial charge in [-0.2, -0.15) is 26.3 Å². The normalized spacial score (nSPS) is 21.5. The number of quaternary nitrogens is 1. The Kier molecular flexibility index (Phi) is 11.6. The van der Waals surface area contributed by atoms with Crippen LogP contribution in [-0.2, 0) is 41.1 Å². The highest BCUT2D eigenvalue weighted by Crippen LogP contribution is 2.50. The molecule has 0 amide bonds. The third-order valence-corrected chi connectivity index (χ3v) is 12.7. The topological polar surface area (TPSA) is 22.1 Å². The average molecular weight is 854 g/mol. The standard InChI is InChI=1S/C49H50F9N2O/c1-8-30-26-60(25-28-17-39(50)44(52)40(51)18-28)14-13-31(30)21-43(60)45(61-27-29-15-35(48(53,54)55)23-36(16-29)49(56,57)58)38-24-42(59-41-12-10-9-11-37(38)41)32-19-33(46(2,3)4)22-34(20-32)47(5,6)7/h8-12,15-20,22-24,30-31,43,45H,1,13-14,21,25-27H2,2-7H3/q+1/t30-,31-,43+,45-,60?/m0/s1. The fraction of sp³-hybridized carbons (Fsp3) is 0.408. The number of halogens is 9. The van der Waals surface area contributed by atoms with E-state index in [0.29, 0.717) is 60.2 Å². The first-order valence-electron chi connectivity index (χ1n) is 20.4. The lowest BCUT2D eigenvalue weighted by atomic mass is 9.71. The summed E-state index contributed by atoms with van der Waals surface area (Å²) in [5, 5.41) is 0.666. The van der Waals surface area contributed by atoms with E-state index in [4.69, 9.17) is 9.72 Å². The Morgan fingerprint density at radius 2 is 1.33 bits per heavy atom. The lowest BCUT2D eigenvalue weighted by Crippen LogP contribution is -2.67. The van der Waals surface area contributed by atoms with Crippen LogP contribution >= 0.6 is 0 Å². The number of para-hydroxylation sites is 1. The van der Waals surface area contributed by atoms with Gasteiger partial charge in [-0.1, -0.05) is 71.9 Å². The van der Waals surface area contributed by atoms with Gasteiger partial charge in [-0.05, 0) is 93.6 Å². The molecule has 0 saturated carbocycles. The summed E-state index contributed by atoms with van der Waals surface area (Å²) in [5.41, 5.74) is 1.22. The van der Waals surface area contributed by atoms with Crippen LogP contribution in [0, 0.1) is 29.3 Å². The molecule has 3 aliphatic heterocycles. The van der Waals surface area contributed by atoms with Crippen molar-refractivity contribution in [2.45, 2.75) is 103 Å². The maximum Gasteiger partial charge on any atom is 0.416 e. The second kappa shape index (κ2) is 15.9. The van der Waals surface area contributed by atoms with E-state index in [2.05, 4.69) is 66.3 Å². The Hall–Kier alpha value is -4.68. The average Bonchev–Trinajstić information content (AvgIpc) is 3.18. The molecule has 1 unspecified atom stereocenters. The zero-order chi connectivity index (χ0) is 44.4. The Labute approximate surface area is 350 Å². The quantitative estimate of drug-likeness (QED) is 0.0638. The summed E-state index contributed by atoms with van der Waals surface area (Å²) < 4.78 is 135. The van der Waals surface area contributed by atoms with Crippen molar-refractivity contribution in [2.24, 2.45) is 11.8 Å². The molecule has 12 heteroatoms. The fourth-order valence-electron chi connectivity index (χ4n) is 9.35. The summed E-state index contributed by atoms with van der Waals surface area (Å²) in [6, 6.07) is 18.4. The first kappa shape index (κ1) is 44.4. The second-order valence-corrected chi connectivity index (χ2v) is 19.0. The van der Waals surface area contributed by atoms with Crippen LogP contribution in [-0.4, -0.2) is 28.6 Å². The Morgan fingerprint density at radius 3 is 1.89 bits per heavy atom. The van der Waals surface area contributed by atoms with E-state index in [1.54, 1.807) is 0 Å². The highest BCUT2D eigenvalue weighted by molar-refractivity contribution is 5.86. The lowest BCUT2D eigenvalue weighted by Gasteiger charge is -2.58. The van der Waals surface area contributed by atoms with Crippen LogP contribution in [0.4, 0.5) is 39.5 Å². The number of benzene rings is 4. The van der Waals surface area contributed by atoms with Crippen molar-refractivity contribution < 1.29 is 48.7 Å². The molecule has 4 heterocycles. The van der Waals surface area contributed by atoms with E-state index >= 15 is 0 Å². The first-order chi connectivity index (χ1) is 28.4. The number of piperidine rings is 3. The fourth-order valence-corrected chi connectivity index (χ4v) is 9.35. The van der Waals surface area contributed by atoms with Crippen LogP contribution in [0.1, 0.15) is 99.4 Å². The van der Waals surface area contributed by atoms with Gasteiger partial charge >= 0.3 is 12.4 Å². The summed E-state index contributed by atoms with van der Waals surface area (Å²) in [6.45, 7) is 17.2. The van der Waals surface area contributed by atoms with Crippen LogP contribution in [0.2, 0.25) is 0 Å². The minimum Gasteiger partial charge on any atom is -0.363 e. The van der Waals surface area contributed by atoms with E-state index in [1.807, 2.05) is 36.4 Å². The summed E-state index contributed by atoms with van der Waals surface area (Å²) in [4.78, 5) is 5.12. The van der Waals surface area contributed by atoms with Gasteiger partial charge in [0.05, 0.1) is 42.0 Å². The molecule has 0 spiro atoms. The van der Waals surface area contributed by atoms with Gasteiger partial charge in [0, 0.05) is 35.3 Å². The molecular weight excluding hydrogens is 804 g/mol. The van der Waals surface area contributed by atoms with Crippen molar-refractivity contribution >= 4 is 10.9 Å². The molecule has 3 saturated heterocycles. The molecule has 61 heavy (non-hydrogen) atoms. The van der Waals surface area contributed by atoms with E-state index in [-0.39, 0.29) is 50.9 Å². The van der Waals surface area contributed by atoms with Gasteiger partial charge in [0.15, 0.2) is 17.5 Å². The summed E-state index contributed by atoms with van der Waals surface area (Å²) in [7, 11) is 0. The molecule has 4 aromatic carbocycles. The van der Waals surface area contributed by atoms with Gasteiger partial charge in [0.1, 0.15) is 18.7 Å². The number of rotatable bonds is 9. The third-order valence-electron chi connectivity index (χ3n) is 12.7. The highest BCUT2D eigenvalue weighted by Gasteiger charge is 2.55. The Balaban J connectivity index is 1.46. The molecule has 3 nitrogen and oxygen atoms in total. The maximum absolute atomic E-state index is 14.8. The van der Waals surface area contributed by atoms with Crippen molar-refractivity contribution in [1.29, 1.82) is 0 Å². The number of ether oxygens (including phenoxy) is 1. The SMILES string of the molecule is C=C[C@H]1C[N+]2(Cc3cc(F)c(F)c(F)c3)CC[C@H]1C[C@@H]2[C@@H](OCc1cc(C(F)(F)F)cc(C(F)(F)F)c1)c1cc(-c2cc(C(C)(C)C)cc(C(C)(C)C)c2)nc2ccccc12. The number of alkyl halides is 6. The maximum atomic E-state index is 14.8. The van der Waals surface area contributed by atoms with Crippen LogP contribution in [0.15, 0.2) is 91.5 Å². The minimum absolute atomic E-state index is 0.0145. The van der Waals surface area contributed by atoms with E-state index in [1.165, 1.54) is 0 Å². The first-order valence-corrected chi connectivity index (χ1v) is 20.4. The predicted molar refractivity (Wildman–Crippen MR) is 219 cm³/mol. The zero-order valence-corrected chi connectivity index (χ0v) is 35.0. The van der Waals surface area contributed by atoms with Crippen molar-refractivity contribution in [3.63, 3.8) is 0 Å². The number of pyridine rings is 1. The van der Waals surface area contributed by atoms with Gasteiger partial charge in [-0.25, -0.2) is 18.2 Å². The molecule has 0 N–H and O–H groups in total. The van der Waals surface area contributed by atoms with Crippen LogP contribution in [0.5, 0.6) is 0 Å². The molecule has 1 aromatic heterocycles. The number of aromatic nitrogens is 1. The highest BCUT2D eigenvalue weighted by atomic mass is 19.4. The van der Waals surface area contributed by atoms with Crippen LogP contribution < -0.4 is 0 Å². The number of hydrogen-bond donors (Lipinski definition) is 0. The van der Waals surface area contributed by atoms with E-state index in [9.17, 15) is 39.5 Å². The van der Waals surface area contributed by atoms with Gasteiger partial charge in [0.2, 0.25) is 0 Å². The molecular formula is C49H50F9N2O+. The smallest absolute Gasteiger partial charge is 0.363 e. The number of hydrogen-bond acceptors (Lipinski definition) is 2. The Bertz CT molecular complexity index is 2370. The summed E-state index contributed by atoms with van der Waals surface area (Å²) in [5.74, 6) is -4.20. The number of nitrogens with zero attached hydrogens (tertiary/aromatic N) is 2. The van der Waals surface area contributed by atoms with Crippen LogP contribution in [0.25, 0.3) is 22.2 Å². The second-order valence-electron chi connectivity index (χ2n) is 19.0. The monoisotopic (exact) mass is 853 g/mol. The van der Waals surface area contributed by atoms with Gasteiger partial charge in [0.25, 0.3) is 0 Å². The predicted octanol–water partition coefficient (Wildman–Crippen LogP) is 13.8. The Morgan fingerprint density at radius 1 is 0.754 bits per heavy atom. The number of fused-ring (bicyclic) bond motifs is 4. The molecule has 5 aromatic rings. The molecule has 0 radical (unpaired) electrons. The third kappa shape index (κ3) is 9.12. The molecule has 2 bridgehead atoms. The van der Waals surface area contributed by atoms with Crippen LogP contribution in [0.3, 0.4) is 0 Å². The minimum atomic E-state index is -5.07. The van der Waals surface area contributed by atoms with Gasteiger partial charge in [-0.15, -0.1) is 6.58 Å². The largest absolute Gasteiger partial charge is 0.416 e. The molecule has 8 rings (SSSR count). The van der Waals surface area contributed by atoms with Crippen molar-refractivity contribution in [2.75, 3.05) is 13.1 Å². The molecule has 0 aliphatic carbocycles. The molecule has 324 valence electrons. The summed E-state index contributed by atoms with van der Waals surface area (Å²) in [6.07, 6.45) is -8.06. The van der Waals surface area contributed by atoms with Crippen molar-refractivity contribution in [3.05, 3.63) is 148 Å². The lowest BCUT2D eigenvalue weighted by molar-refractivity contribution is -0.985. The van der Waals surface area contributed by atoms with Crippen molar-refractivity contribution in [1.82, 2.24) is 4.98 Å². The van der Waals surface area contributed by atoms with Gasteiger partial charge in [-0.3, -0.25) is 0 Å². The molecule has 5 atom stereocenters. The zero-order valence-electron chi connectivity index (χ0n) is 35.0. The van der Waals surface area contributed by atoms with E-state index in [0.717, 1.165) is 28.8 Å².